The minimum absolute atomic E-state index is 0.0526. The van der Waals surface area contributed by atoms with E-state index in [1.54, 1.807) is 0 Å². The van der Waals surface area contributed by atoms with Crippen molar-refractivity contribution in [2.45, 2.75) is 40.0 Å². The number of likely N-dealkylation sites (tertiary alicyclic amines) is 1. The first kappa shape index (κ1) is 18.3. The van der Waals surface area contributed by atoms with Crippen LogP contribution < -0.4 is 11.1 Å². The van der Waals surface area contributed by atoms with Crippen LogP contribution in [-0.2, 0) is 16.0 Å². The van der Waals surface area contributed by atoms with Crippen molar-refractivity contribution in [3.8, 4) is 0 Å². The molecular weight excluding hydrogens is 302 g/mol. The molecule has 1 aliphatic rings. The second kappa shape index (κ2) is 7.69. The number of nitrogen functional groups attached to an aromatic ring is 1. The monoisotopic (exact) mass is 331 g/mol. The van der Waals surface area contributed by atoms with Gasteiger partial charge in [-0.25, -0.2) is 0 Å². The molecule has 1 unspecified atom stereocenters. The summed E-state index contributed by atoms with van der Waals surface area (Å²) >= 11 is 0. The maximum absolute atomic E-state index is 12.4. The fourth-order valence-electron chi connectivity index (χ4n) is 3.01. The van der Waals surface area contributed by atoms with Crippen LogP contribution in [0.2, 0.25) is 0 Å². The third-order valence-corrected chi connectivity index (χ3v) is 4.41. The van der Waals surface area contributed by atoms with Gasteiger partial charge in [0.05, 0.1) is 5.92 Å². The summed E-state index contributed by atoms with van der Waals surface area (Å²) in [6.45, 7) is 7.66. The van der Waals surface area contributed by atoms with E-state index in [-0.39, 0.29) is 17.7 Å². The van der Waals surface area contributed by atoms with Crippen molar-refractivity contribution in [2.75, 3.05) is 25.4 Å². The van der Waals surface area contributed by atoms with Crippen molar-refractivity contribution >= 4 is 17.5 Å². The lowest BCUT2D eigenvalue weighted by molar-refractivity contribution is -0.142. The zero-order valence-corrected chi connectivity index (χ0v) is 15.0. The van der Waals surface area contributed by atoms with Crippen molar-refractivity contribution in [3.63, 3.8) is 0 Å². The number of anilines is 1. The number of carbonyl (C=O) groups is 2. The van der Waals surface area contributed by atoms with Crippen molar-refractivity contribution in [1.82, 2.24) is 10.2 Å². The molecule has 132 valence electrons. The second-order valence-corrected chi connectivity index (χ2v) is 7.62. The van der Waals surface area contributed by atoms with E-state index >= 15 is 0 Å². The van der Waals surface area contributed by atoms with Gasteiger partial charge in [0.25, 0.3) is 0 Å². The molecule has 1 fully saturated rings. The number of benzene rings is 1. The van der Waals surface area contributed by atoms with Gasteiger partial charge in [-0.05, 0) is 37.0 Å². The molecule has 5 heteroatoms. The summed E-state index contributed by atoms with van der Waals surface area (Å²) in [5.74, 6) is 0.0789. The molecule has 24 heavy (non-hydrogen) atoms. The Morgan fingerprint density at radius 3 is 2.54 bits per heavy atom. The van der Waals surface area contributed by atoms with Crippen LogP contribution in [0.15, 0.2) is 24.3 Å². The van der Waals surface area contributed by atoms with E-state index < -0.39 is 5.41 Å². The number of piperidine rings is 1. The lowest BCUT2D eigenvalue weighted by Gasteiger charge is -2.35. The maximum atomic E-state index is 12.4. The molecule has 0 aliphatic carbocycles. The lowest BCUT2D eigenvalue weighted by Crippen LogP contribution is -2.48. The Morgan fingerprint density at radius 1 is 1.25 bits per heavy atom. The zero-order valence-electron chi connectivity index (χ0n) is 15.0. The molecule has 0 saturated carbocycles. The summed E-state index contributed by atoms with van der Waals surface area (Å²) < 4.78 is 0. The summed E-state index contributed by atoms with van der Waals surface area (Å²) in [5.41, 5.74) is 7.17. The number of amides is 2. The maximum Gasteiger partial charge on any atom is 0.227 e. The molecule has 2 amide bonds. The zero-order chi connectivity index (χ0) is 17.7. The lowest BCUT2D eigenvalue weighted by atomic mass is 9.91. The van der Waals surface area contributed by atoms with Gasteiger partial charge in [0.1, 0.15) is 0 Å². The number of rotatable bonds is 4. The standard InChI is InChI=1S/C19H29N3O2/c1-19(2,3)18(24)22-12-4-5-15(13-22)17(23)21-11-10-14-6-8-16(20)9-7-14/h6-9,15H,4-5,10-13,20H2,1-3H3,(H,21,23). The van der Waals surface area contributed by atoms with Gasteiger partial charge in [-0.1, -0.05) is 32.9 Å². The summed E-state index contributed by atoms with van der Waals surface area (Å²) in [4.78, 5) is 26.6. The molecule has 5 nitrogen and oxygen atoms in total. The van der Waals surface area contributed by atoms with Gasteiger partial charge in [-0.3, -0.25) is 9.59 Å². The highest BCUT2D eigenvalue weighted by atomic mass is 16.2. The molecule has 1 aromatic rings. The Kier molecular flexibility index (Phi) is 5.86. The number of carbonyl (C=O) groups excluding carboxylic acids is 2. The molecular formula is C19H29N3O2. The van der Waals surface area contributed by atoms with E-state index in [1.807, 2.05) is 49.9 Å². The molecule has 0 aromatic heterocycles. The van der Waals surface area contributed by atoms with Crippen LogP contribution in [0.4, 0.5) is 5.69 Å². The van der Waals surface area contributed by atoms with Crippen LogP contribution in [0.25, 0.3) is 0 Å². The molecule has 1 heterocycles. The minimum Gasteiger partial charge on any atom is -0.399 e. The topological polar surface area (TPSA) is 75.4 Å². The SMILES string of the molecule is CC(C)(C)C(=O)N1CCCC(C(=O)NCCc2ccc(N)cc2)C1. The fourth-order valence-corrected chi connectivity index (χ4v) is 3.01. The predicted molar refractivity (Wildman–Crippen MR) is 96.3 cm³/mol. The number of nitrogens with one attached hydrogen (secondary N) is 1. The van der Waals surface area contributed by atoms with Crippen LogP contribution in [0, 0.1) is 11.3 Å². The summed E-state index contributed by atoms with van der Waals surface area (Å²) in [7, 11) is 0. The molecule has 1 saturated heterocycles. The summed E-state index contributed by atoms with van der Waals surface area (Å²) in [5, 5.41) is 3.01. The first-order valence-corrected chi connectivity index (χ1v) is 8.69. The Bertz CT molecular complexity index is 575. The molecule has 2 rings (SSSR count). The van der Waals surface area contributed by atoms with Crippen LogP contribution in [0.3, 0.4) is 0 Å². The Hall–Kier alpha value is -2.04. The Morgan fingerprint density at radius 2 is 1.92 bits per heavy atom. The van der Waals surface area contributed by atoms with Gasteiger partial charge in [0.15, 0.2) is 0 Å². The molecule has 0 spiro atoms. The molecule has 1 aromatic carbocycles. The molecule has 3 N–H and O–H groups in total. The fraction of sp³-hybridized carbons (Fsp3) is 0.579. The Balaban J connectivity index is 1.81. The van der Waals surface area contributed by atoms with E-state index in [2.05, 4.69) is 5.32 Å². The van der Waals surface area contributed by atoms with Crippen LogP contribution in [0.5, 0.6) is 0 Å². The third-order valence-electron chi connectivity index (χ3n) is 4.41. The van der Waals surface area contributed by atoms with Gasteiger partial charge in [-0.15, -0.1) is 0 Å². The molecule has 0 bridgehead atoms. The van der Waals surface area contributed by atoms with Crippen molar-refractivity contribution in [2.24, 2.45) is 11.3 Å². The van der Waals surface area contributed by atoms with Gasteiger partial charge in [0.2, 0.25) is 11.8 Å². The number of nitrogens with two attached hydrogens (primary N) is 1. The van der Waals surface area contributed by atoms with Crippen molar-refractivity contribution in [3.05, 3.63) is 29.8 Å². The number of nitrogens with zero attached hydrogens (tertiary/aromatic N) is 1. The summed E-state index contributed by atoms with van der Waals surface area (Å²) in [6, 6.07) is 7.69. The average Bonchev–Trinajstić information content (AvgIpc) is 2.55. The summed E-state index contributed by atoms with van der Waals surface area (Å²) in [6.07, 6.45) is 2.52. The highest BCUT2D eigenvalue weighted by molar-refractivity contribution is 5.83. The van der Waals surface area contributed by atoms with E-state index in [0.29, 0.717) is 13.1 Å². The van der Waals surface area contributed by atoms with E-state index in [1.165, 1.54) is 0 Å². The first-order chi connectivity index (χ1) is 11.3. The molecule has 1 aliphatic heterocycles. The number of hydrogen-bond donors (Lipinski definition) is 2. The van der Waals surface area contributed by atoms with Crippen LogP contribution >= 0.6 is 0 Å². The van der Waals surface area contributed by atoms with E-state index in [9.17, 15) is 9.59 Å². The number of hydrogen-bond acceptors (Lipinski definition) is 3. The van der Waals surface area contributed by atoms with Crippen molar-refractivity contribution < 1.29 is 9.59 Å². The minimum atomic E-state index is -0.395. The van der Waals surface area contributed by atoms with Gasteiger partial charge < -0.3 is 16.0 Å². The highest BCUT2D eigenvalue weighted by Crippen LogP contribution is 2.23. The normalized spacial score (nSPS) is 18.3. The highest BCUT2D eigenvalue weighted by Gasteiger charge is 2.33. The van der Waals surface area contributed by atoms with Crippen molar-refractivity contribution in [1.29, 1.82) is 0 Å². The predicted octanol–water partition coefficient (Wildman–Crippen LogP) is 2.21. The smallest absolute Gasteiger partial charge is 0.227 e. The third kappa shape index (κ3) is 4.98. The van der Waals surface area contributed by atoms with Gasteiger partial charge in [0, 0.05) is 30.7 Å². The van der Waals surface area contributed by atoms with E-state index in [4.69, 9.17) is 5.73 Å². The molecule has 1 atom stereocenters. The second-order valence-electron chi connectivity index (χ2n) is 7.62. The van der Waals surface area contributed by atoms with E-state index in [0.717, 1.165) is 37.1 Å². The quantitative estimate of drug-likeness (QED) is 0.831. The van der Waals surface area contributed by atoms with Crippen LogP contribution in [0.1, 0.15) is 39.2 Å². The Labute approximate surface area is 144 Å². The first-order valence-electron chi connectivity index (χ1n) is 8.69. The van der Waals surface area contributed by atoms with Gasteiger partial charge in [-0.2, -0.15) is 0 Å². The van der Waals surface area contributed by atoms with Crippen LogP contribution in [-0.4, -0.2) is 36.3 Å². The average molecular weight is 331 g/mol. The molecule has 0 radical (unpaired) electrons. The largest absolute Gasteiger partial charge is 0.399 e. The van der Waals surface area contributed by atoms with Gasteiger partial charge >= 0.3 is 0 Å².